The summed E-state index contributed by atoms with van der Waals surface area (Å²) in [5.74, 6) is 2.72. The van der Waals surface area contributed by atoms with Crippen LogP contribution < -0.4 is 10.2 Å². The molecular weight excluding hydrogens is 493 g/mol. The predicted molar refractivity (Wildman–Crippen MR) is 133 cm³/mol. The minimum atomic E-state index is 0. The number of nitrogens with zero attached hydrogens (tertiary/aromatic N) is 4. The lowest BCUT2D eigenvalue weighted by atomic mass is 9.96. The number of aromatic nitrogens is 1. The third-order valence-corrected chi connectivity index (χ3v) is 5.79. The van der Waals surface area contributed by atoms with Gasteiger partial charge in [-0.1, -0.05) is 6.07 Å². The van der Waals surface area contributed by atoms with Crippen molar-refractivity contribution in [1.29, 1.82) is 0 Å². The van der Waals surface area contributed by atoms with Gasteiger partial charge in [-0.05, 0) is 50.7 Å². The molecule has 0 bridgehead atoms. The molecule has 1 aromatic rings. The van der Waals surface area contributed by atoms with Crippen molar-refractivity contribution in [3.8, 4) is 0 Å². The summed E-state index contributed by atoms with van der Waals surface area (Å²) in [7, 11) is 3.95. The molecular formula is C22H38IN5O2. The van der Waals surface area contributed by atoms with E-state index in [-0.39, 0.29) is 36.2 Å². The van der Waals surface area contributed by atoms with Crippen molar-refractivity contribution in [3.05, 3.63) is 23.9 Å². The molecule has 170 valence electrons. The molecule has 2 unspecified atom stereocenters. The fourth-order valence-electron chi connectivity index (χ4n) is 4.16. The highest BCUT2D eigenvalue weighted by Crippen LogP contribution is 2.19. The topological polar surface area (TPSA) is 62.2 Å². The Hall–Kier alpha value is -1.13. The zero-order chi connectivity index (χ0) is 20.6. The summed E-state index contributed by atoms with van der Waals surface area (Å²) < 4.78 is 11.3. The Kier molecular flexibility index (Phi) is 10.6. The van der Waals surface area contributed by atoms with Gasteiger partial charge in [0, 0.05) is 59.7 Å². The Morgan fingerprint density at radius 2 is 1.93 bits per heavy atom. The van der Waals surface area contributed by atoms with Crippen LogP contribution in [0.3, 0.4) is 0 Å². The molecule has 8 heteroatoms. The minimum absolute atomic E-state index is 0. The van der Waals surface area contributed by atoms with E-state index in [2.05, 4.69) is 58.1 Å². The Morgan fingerprint density at radius 3 is 2.53 bits per heavy atom. The first-order chi connectivity index (χ1) is 14.0. The van der Waals surface area contributed by atoms with Crippen molar-refractivity contribution in [2.75, 3.05) is 51.8 Å². The van der Waals surface area contributed by atoms with Crippen LogP contribution in [-0.2, 0) is 16.0 Å². The van der Waals surface area contributed by atoms with Gasteiger partial charge in [0.1, 0.15) is 5.82 Å². The largest absolute Gasteiger partial charge is 0.381 e. The van der Waals surface area contributed by atoms with Crippen LogP contribution in [0, 0.1) is 5.92 Å². The van der Waals surface area contributed by atoms with Crippen LogP contribution in [-0.4, -0.2) is 75.0 Å². The molecule has 1 N–H and O–H groups in total. The van der Waals surface area contributed by atoms with E-state index < -0.39 is 0 Å². The normalized spacial score (nSPS) is 23.1. The van der Waals surface area contributed by atoms with E-state index in [9.17, 15) is 0 Å². The van der Waals surface area contributed by atoms with E-state index in [1.165, 1.54) is 19.3 Å². The second-order valence-corrected chi connectivity index (χ2v) is 8.35. The second kappa shape index (κ2) is 12.7. The van der Waals surface area contributed by atoms with Crippen LogP contribution in [0.25, 0.3) is 0 Å². The molecule has 0 spiro atoms. The maximum Gasteiger partial charge on any atom is 0.193 e. The lowest BCUT2D eigenvalue weighted by Crippen LogP contribution is -2.45. The van der Waals surface area contributed by atoms with Gasteiger partial charge in [0.25, 0.3) is 0 Å². The Balaban J connectivity index is 0.00000320. The molecule has 2 aliphatic heterocycles. The highest BCUT2D eigenvalue weighted by molar-refractivity contribution is 14.0. The van der Waals surface area contributed by atoms with E-state index in [0.717, 1.165) is 62.7 Å². The number of guanidine groups is 1. The first kappa shape index (κ1) is 25.1. The maximum atomic E-state index is 5.82. The van der Waals surface area contributed by atoms with Crippen molar-refractivity contribution in [2.24, 2.45) is 10.9 Å². The van der Waals surface area contributed by atoms with Crippen molar-refractivity contribution in [1.82, 2.24) is 15.2 Å². The van der Waals surface area contributed by atoms with Crippen molar-refractivity contribution in [3.63, 3.8) is 0 Å². The molecule has 0 aromatic carbocycles. The van der Waals surface area contributed by atoms with Crippen LogP contribution in [0.2, 0.25) is 0 Å². The minimum Gasteiger partial charge on any atom is -0.381 e. The van der Waals surface area contributed by atoms with Crippen LogP contribution >= 0.6 is 24.0 Å². The molecule has 1 aromatic heterocycles. The molecule has 0 radical (unpaired) electrons. The predicted octanol–water partition coefficient (Wildman–Crippen LogP) is 3.14. The Morgan fingerprint density at radius 1 is 1.23 bits per heavy atom. The Labute approximate surface area is 198 Å². The van der Waals surface area contributed by atoms with Crippen LogP contribution in [0.15, 0.2) is 23.3 Å². The van der Waals surface area contributed by atoms with Crippen LogP contribution in [0.1, 0.15) is 38.7 Å². The third-order valence-electron chi connectivity index (χ3n) is 5.79. The van der Waals surface area contributed by atoms with E-state index in [0.29, 0.717) is 0 Å². The number of halogens is 1. The molecule has 2 aliphatic rings. The summed E-state index contributed by atoms with van der Waals surface area (Å²) in [6, 6.07) is 4.26. The van der Waals surface area contributed by atoms with Gasteiger partial charge < -0.3 is 24.6 Å². The molecule has 0 amide bonds. The number of hydrogen-bond acceptors (Lipinski definition) is 5. The number of anilines is 1. The molecule has 2 atom stereocenters. The zero-order valence-electron chi connectivity index (χ0n) is 18.8. The fraction of sp³-hybridized carbons (Fsp3) is 0.727. The summed E-state index contributed by atoms with van der Waals surface area (Å²) in [4.78, 5) is 13.6. The van der Waals surface area contributed by atoms with Crippen molar-refractivity contribution in [2.45, 2.75) is 51.9 Å². The number of hydrogen-bond donors (Lipinski definition) is 1. The molecule has 2 fully saturated rings. The van der Waals surface area contributed by atoms with Gasteiger partial charge in [0.05, 0.1) is 12.2 Å². The molecule has 3 rings (SSSR count). The third kappa shape index (κ3) is 7.53. The van der Waals surface area contributed by atoms with E-state index in [4.69, 9.17) is 9.47 Å². The van der Waals surface area contributed by atoms with E-state index in [1.807, 2.05) is 13.2 Å². The number of rotatable bonds is 6. The summed E-state index contributed by atoms with van der Waals surface area (Å²) in [5.41, 5.74) is 1.15. The summed E-state index contributed by atoms with van der Waals surface area (Å²) in [5, 5.41) is 3.46. The monoisotopic (exact) mass is 531 g/mol. The van der Waals surface area contributed by atoms with Gasteiger partial charge in [-0.2, -0.15) is 0 Å². The average Bonchev–Trinajstić information content (AvgIpc) is 2.73. The van der Waals surface area contributed by atoms with Crippen molar-refractivity contribution >= 4 is 35.8 Å². The van der Waals surface area contributed by atoms with Gasteiger partial charge in [0.2, 0.25) is 0 Å². The summed E-state index contributed by atoms with van der Waals surface area (Å²) in [6.07, 6.45) is 5.98. The number of ether oxygens (including phenoxy) is 2. The molecule has 0 aliphatic carbocycles. The Bertz CT molecular complexity index is 641. The number of aliphatic imine (C=N–C) groups is 1. The number of nitrogens with one attached hydrogen (secondary N) is 1. The molecule has 2 saturated heterocycles. The van der Waals surface area contributed by atoms with Crippen LogP contribution in [0.4, 0.5) is 5.82 Å². The summed E-state index contributed by atoms with van der Waals surface area (Å²) in [6.45, 7) is 9.56. The fourth-order valence-corrected chi connectivity index (χ4v) is 4.16. The molecule has 30 heavy (non-hydrogen) atoms. The van der Waals surface area contributed by atoms with Gasteiger partial charge >= 0.3 is 0 Å². The van der Waals surface area contributed by atoms with E-state index in [1.54, 1.807) is 0 Å². The average molecular weight is 531 g/mol. The van der Waals surface area contributed by atoms with Gasteiger partial charge in [-0.25, -0.2) is 4.98 Å². The molecule has 7 nitrogen and oxygen atoms in total. The highest BCUT2D eigenvalue weighted by Gasteiger charge is 2.23. The smallest absolute Gasteiger partial charge is 0.193 e. The highest BCUT2D eigenvalue weighted by atomic mass is 127. The van der Waals surface area contributed by atoms with E-state index >= 15 is 0 Å². The first-order valence-corrected chi connectivity index (χ1v) is 10.9. The lowest BCUT2D eigenvalue weighted by Gasteiger charge is -2.36. The number of pyridine rings is 1. The lowest BCUT2D eigenvalue weighted by molar-refractivity contribution is -0.00546. The van der Waals surface area contributed by atoms with Gasteiger partial charge in [-0.3, -0.25) is 4.99 Å². The second-order valence-electron chi connectivity index (χ2n) is 8.35. The van der Waals surface area contributed by atoms with Gasteiger partial charge in [0.15, 0.2) is 5.96 Å². The maximum absolute atomic E-state index is 5.82. The summed E-state index contributed by atoms with van der Waals surface area (Å²) >= 11 is 0. The van der Waals surface area contributed by atoms with Crippen molar-refractivity contribution < 1.29 is 9.47 Å². The number of morpholine rings is 1. The quantitative estimate of drug-likeness (QED) is 0.346. The van der Waals surface area contributed by atoms with Crippen LogP contribution in [0.5, 0.6) is 0 Å². The SMILES string of the molecule is CN=C(NCc1ccc(N2CC(C)OC(C)C2)nc1)N(C)CCC1CCOCC1.I. The standard InChI is InChI=1S/C22H37N5O2.HI/c1-17-15-27(16-18(2)29-17)21-6-5-20(13-24-21)14-25-22(23-3)26(4)10-7-19-8-11-28-12-9-19;/h5-6,13,17-19H,7-12,14-16H2,1-4H3,(H,23,25);1H. The molecule has 3 heterocycles. The van der Waals surface area contributed by atoms with Gasteiger partial charge in [-0.15, -0.1) is 24.0 Å². The zero-order valence-corrected chi connectivity index (χ0v) is 21.2. The first-order valence-electron chi connectivity index (χ1n) is 10.9. The molecule has 0 saturated carbocycles.